The summed E-state index contributed by atoms with van der Waals surface area (Å²) in [5.74, 6) is 1.54. The first-order chi connectivity index (χ1) is 13.4. The zero-order valence-corrected chi connectivity index (χ0v) is 16.7. The minimum atomic E-state index is -1.07. The standard InChI is InChI=1S/C22H28N4O2/c1-14-6-4-7-17(14)24-20-9-5-8-18(25-20)19-11-23-21-10-15(13-27)16(12-26(19)21)22(2,3)28/h5,8-12,14,17,27-28H,4,6-7,13H2,1-3H3,(H,24,25)/t14-,17-/m0/s1. The Balaban J connectivity index is 1.74. The first kappa shape index (κ1) is 18.9. The van der Waals surface area contributed by atoms with Crippen molar-refractivity contribution in [1.29, 1.82) is 0 Å². The van der Waals surface area contributed by atoms with Crippen LogP contribution in [0.2, 0.25) is 0 Å². The van der Waals surface area contributed by atoms with Gasteiger partial charge in [0.15, 0.2) is 0 Å². The molecule has 0 bridgehead atoms. The van der Waals surface area contributed by atoms with E-state index in [1.165, 1.54) is 19.3 Å². The smallest absolute Gasteiger partial charge is 0.137 e. The van der Waals surface area contributed by atoms with Crippen molar-refractivity contribution in [2.75, 3.05) is 5.32 Å². The highest BCUT2D eigenvalue weighted by Crippen LogP contribution is 2.30. The average molecular weight is 380 g/mol. The summed E-state index contributed by atoms with van der Waals surface area (Å²) in [5, 5.41) is 23.8. The Morgan fingerprint density at radius 1 is 1.29 bits per heavy atom. The van der Waals surface area contributed by atoms with Crippen LogP contribution in [0.25, 0.3) is 17.0 Å². The van der Waals surface area contributed by atoms with Gasteiger partial charge in [-0.05, 0) is 56.4 Å². The first-order valence-electron chi connectivity index (χ1n) is 9.94. The molecule has 3 aromatic heterocycles. The van der Waals surface area contributed by atoms with Gasteiger partial charge in [0.05, 0.1) is 29.8 Å². The van der Waals surface area contributed by atoms with E-state index in [9.17, 15) is 10.2 Å². The number of rotatable bonds is 5. The van der Waals surface area contributed by atoms with E-state index in [0.717, 1.165) is 22.9 Å². The number of aromatic nitrogens is 3. The number of fused-ring (bicyclic) bond motifs is 1. The van der Waals surface area contributed by atoms with Crippen LogP contribution < -0.4 is 5.32 Å². The lowest BCUT2D eigenvalue weighted by Crippen LogP contribution is -2.22. The van der Waals surface area contributed by atoms with Gasteiger partial charge in [-0.15, -0.1) is 0 Å². The highest BCUT2D eigenvalue weighted by atomic mass is 16.3. The van der Waals surface area contributed by atoms with Crippen LogP contribution in [-0.2, 0) is 12.2 Å². The molecule has 1 aliphatic carbocycles. The van der Waals surface area contributed by atoms with E-state index in [4.69, 9.17) is 4.98 Å². The lowest BCUT2D eigenvalue weighted by molar-refractivity contribution is 0.0755. The molecular formula is C22H28N4O2. The van der Waals surface area contributed by atoms with Crippen LogP contribution in [0.5, 0.6) is 0 Å². The van der Waals surface area contributed by atoms with Crippen LogP contribution in [0.1, 0.15) is 51.2 Å². The molecule has 0 aliphatic heterocycles. The van der Waals surface area contributed by atoms with Crippen molar-refractivity contribution in [2.45, 2.75) is 58.3 Å². The minimum Gasteiger partial charge on any atom is -0.392 e. The normalized spacial score (nSPS) is 20.0. The van der Waals surface area contributed by atoms with Gasteiger partial charge in [-0.1, -0.05) is 19.4 Å². The Kier molecular flexibility index (Phi) is 4.85. The van der Waals surface area contributed by atoms with Crippen molar-refractivity contribution in [2.24, 2.45) is 5.92 Å². The largest absolute Gasteiger partial charge is 0.392 e. The Morgan fingerprint density at radius 3 is 2.79 bits per heavy atom. The summed E-state index contributed by atoms with van der Waals surface area (Å²) in [6, 6.07) is 8.26. The first-order valence-corrected chi connectivity index (χ1v) is 9.94. The molecule has 0 spiro atoms. The van der Waals surface area contributed by atoms with Crippen LogP contribution in [0.4, 0.5) is 5.82 Å². The maximum atomic E-state index is 10.5. The molecule has 2 atom stereocenters. The SMILES string of the molecule is C[C@H]1CCC[C@@H]1Nc1cccc(-c2cnc3cc(CO)c(C(C)(C)O)cn23)n1. The molecule has 0 aromatic carbocycles. The van der Waals surface area contributed by atoms with Crippen molar-refractivity contribution >= 4 is 11.5 Å². The zero-order chi connectivity index (χ0) is 19.9. The predicted octanol–water partition coefficient (Wildman–Crippen LogP) is 3.72. The molecule has 3 heterocycles. The fraction of sp³-hybridized carbons (Fsp3) is 0.455. The van der Waals surface area contributed by atoms with Crippen molar-refractivity contribution in [3.63, 3.8) is 0 Å². The average Bonchev–Trinajstić information content (AvgIpc) is 3.26. The highest BCUT2D eigenvalue weighted by Gasteiger charge is 2.24. The lowest BCUT2D eigenvalue weighted by atomic mass is 9.95. The second kappa shape index (κ2) is 7.18. The lowest BCUT2D eigenvalue weighted by Gasteiger charge is -2.21. The Labute approximate surface area is 165 Å². The van der Waals surface area contributed by atoms with Gasteiger partial charge in [-0.2, -0.15) is 0 Å². The van der Waals surface area contributed by atoms with E-state index in [0.29, 0.717) is 23.1 Å². The van der Waals surface area contributed by atoms with Crippen molar-refractivity contribution < 1.29 is 10.2 Å². The Morgan fingerprint density at radius 2 is 2.11 bits per heavy atom. The van der Waals surface area contributed by atoms with Gasteiger partial charge in [-0.25, -0.2) is 9.97 Å². The van der Waals surface area contributed by atoms with E-state index in [-0.39, 0.29) is 6.61 Å². The summed E-state index contributed by atoms with van der Waals surface area (Å²) in [4.78, 5) is 9.30. The summed E-state index contributed by atoms with van der Waals surface area (Å²) in [6.45, 7) is 5.58. The van der Waals surface area contributed by atoms with Crippen LogP contribution in [0, 0.1) is 5.92 Å². The quantitative estimate of drug-likeness (QED) is 0.628. The Bertz CT molecular complexity index is 990. The summed E-state index contributed by atoms with van der Waals surface area (Å²) >= 11 is 0. The summed E-state index contributed by atoms with van der Waals surface area (Å²) in [6.07, 6.45) is 7.34. The van der Waals surface area contributed by atoms with Crippen molar-refractivity contribution in [3.8, 4) is 11.4 Å². The van der Waals surface area contributed by atoms with Crippen LogP contribution in [-0.4, -0.2) is 30.6 Å². The van der Waals surface area contributed by atoms with Gasteiger partial charge in [0.1, 0.15) is 11.5 Å². The molecule has 6 heteroatoms. The molecule has 1 aliphatic rings. The molecule has 0 radical (unpaired) electrons. The topological polar surface area (TPSA) is 82.7 Å². The molecule has 3 N–H and O–H groups in total. The molecule has 6 nitrogen and oxygen atoms in total. The van der Waals surface area contributed by atoms with Gasteiger partial charge in [0, 0.05) is 17.8 Å². The van der Waals surface area contributed by atoms with Gasteiger partial charge in [0.2, 0.25) is 0 Å². The maximum absolute atomic E-state index is 10.5. The van der Waals surface area contributed by atoms with E-state index < -0.39 is 5.60 Å². The molecule has 148 valence electrons. The molecule has 0 saturated heterocycles. The van der Waals surface area contributed by atoms with Crippen molar-refractivity contribution in [3.05, 3.63) is 47.8 Å². The minimum absolute atomic E-state index is 0.144. The number of anilines is 1. The van der Waals surface area contributed by atoms with Gasteiger partial charge in [-0.3, -0.25) is 4.40 Å². The fourth-order valence-electron chi connectivity index (χ4n) is 4.14. The highest BCUT2D eigenvalue weighted by molar-refractivity contribution is 5.63. The van der Waals surface area contributed by atoms with Gasteiger partial charge < -0.3 is 15.5 Å². The molecule has 0 amide bonds. The molecule has 28 heavy (non-hydrogen) atoms. The number of aliphatic hydroxyl groups excluding tert-OH is 1. The number of hydrogen-bond acceptors (Lipinski definition) is 5. The third-order valence-corrected chi connectivity index (χ3v) is 5.77. The molecule has 1 fully saturated rings. The maximum Gasteiger partial charge on any atom is 0.137 e. The van der Waals surface area contributed by atoms with Crippen LogP contribution in [0.15, 0.2) is 36.7 Å². The molecule has 1 saturated carbocycles. The van der Waals surface area contributed by atoms with E-state index >= 15 is 0 Å². The molecule has 4 rings (SSSR count). The summed E-state index contributed by atoms with van der Waals surface area (Å²) in [5.41, 5.74) is 2.68. The molecular weight excluding hydrogens is 352 g/mol. The van der Waals surface area contributed by atoms with Gasteiger partial charge >= 0.3 is 0 Å². The summed E-state index contributed by atoms with van der Waals surface area (Å²) < 4.78 is 1.93. The number of aliphatic hydroxyl groups is 2. The van der Waals surface area contributed by atoms with Crippen LogP contribution >= 0.6 is 0 Å². The Hall–Kier alpha value is -2.44. The number of imidazole rings is 1. The predicted molar refractivity (Wildman–Crippen MR) is 110 cm³/mol. The second-order valence-corrected chi connectivity index (χ2v) is 8.37. The number of hydrogen-bond donors (Lipinski definition) is 3. The summed E-state index contributed by atoms with van der Waals surface area (Å²) in [7, 11) is 0. The van der Waals surface area contributed by atoms with E-state index in [2.05, 4.69) is 17.2 Å². The van der Waals surface area contributed by atoms with Crippen molar-refractivity contribution in [1.82, 2.24) is 14.4 Å². The molecule has 0 unspecified atom stereocenters. The van der Waals surface area contributed by atoms with Crippen LogP contribution in [0.3, 0.4) is 0 Å². The monoisotopic (exact) mass is 380 g/mol. The molecule has 3 aromatic rings. The number of pyridine rings is 2. The van der Waals surface area contributed by atoms with Gasteiger partial charge in [0.25, 0.3) is 0 Å². The number of nitrogens with one attached hydrogen (secondary N) is 1. The third kappa shape index (κ3) is 3.50. The second-order valence-electron chi connectivity index (χ2n) is 8.37. The third-order valence-electron chi connectivity index (χ3n) is 5.77. The number of nitrogens with zero attached hydrogens (tertiary/aromatic N) is 3. The van der Waals surface area contributed by atoms with E-state index in [1.54, 1.807) is 20.0 Å². The van der Waals surface area contributed by atoms with E-state index in [1.807, 2.05) is 34.9 Å². The fourth-order valence-corrected chi connectivity index (χ4v) is 4.14. The zero-order valence-electron chi connectivity index (χ0n) is 16.7.